The maximum Gasteiger partial charge on any atom is 0.229 e. The fraction of sp³-hybridized carbons (Fsp3) is 0.320. The van der Waals surface area contributed by atoms with Crippen LogP contribution in [0.3, 0.4) is 0 Å². The number of ether oxygens (including phenoxy) is 2. The van der Waals surface area contributed by atoms with Crippen LogP contribution < -0.4 is 20.7 Å². The standard InChI is InChI=1S/C25H29N7O2/c1-16-12-20(34-11-10-33-3)6-7-22(16)29-23-21-15-27-25(30-24(21)32(2)31-23)28-19-5-4-17-8-9-26-14-18(17)13-19/h4-7,12-13,15,26H,8-11,14H2,1-3H3,(H,29,31)(H,27,28,30). The van der Waals surface area contributed by atoms with Gasteiger partial charge in [0.25, 0.3) is 0 Å². The van der Waals surface area contributed by atoms with E-state index in [2.05, 4.69) is 44.2 Å². The van der Waals surface area contributed by atoms with E-state index in [1.165, 1.54) is 11.1 Å². The summed E-state index contributed by atoms with van der Waals surface area (Å²) in [4.78, 5) is 9.26. The van der Waals surface area contributed by atoms with Gasteiger partial charge in [-0.15, -0.1) is 0 Å². The molecule has 2 aromatic carbocycles. The minimum absolute atomic E-state index is 0.518. The molecule has 176 valence electrons. The SMILES string of the molecule is COCCOc1ccc(Nc2nn(C)c3nc(Nc4ccc5c(c4)CNCC5)ncc23)c(C)c1. The fourth-order valence-electron chi connectivity index (χ4n) is 4.11. The van der Waals surface area contributed by atoms with Gasteiger partial charge in [0.05, 0.1) is 12.0 Å². The predicted octanol–water partition coefficient (Wildman–Crippen LogP) is 3.83. The zero-order valence-corrected chi connectivity index (χ0v) is 19.7. The van der Waals surface area contributed by atoms with Gasteiger partial charge < -0.3 is 25.4 Å². The van der Waals surface area contributed by atoms with E-state index in [-0.39, 0.29) is 0 Å². The first kappa shape index (κ1) is 22.1. The van der Waals surface area contributed by atoms with Crippen LogP contribution in [0.2, 0.25) is 0 Å². The summed E-state index contributed by atoms with van der Waals surface area (Å²) in [5.41, 5.74) is 6.43. The Morgan fingerprint density at radius 1 is 1.09 bits per heavy atom. The first-order valence-corrected chi connectivity index (χ1v) is 11.4. The maximum atomic E-state index is 5.70. The van der Waals surface area contributed by atoms with Gasteiger partial charge in [-0.05, 0) is 66.9 Å². The van der Waals surface area contributed by atoms with Crippen LogP contribution in [0.1, 0.15) is 16.7 Å². The van der Waals surface area contributed by atoms with Crippen LogP contribution in [-0.4, -0.2) is 46.6 Å². The van der Waals surface area contributed by atoms with E-state index in [0.29, 0.717) is 25.0 Å². The first-order valence-electron chi connectivity index (χ1n) is 11.4. The average molecular weight is 460 g/mol. The third-order valence-corrected chi connectivity index (χ3v) is 5.94. The minimum Gasteiger partial charge on any atom is -0.491 e. The fourth-order valence-corrected chi connectivity index (χ4v) is 4.11. The van der Waals surface area contributed by atoms with E-state index < -0.39 is 0 Å². The Morgan fingerprint density at radius 2 is 2.00 bits per heavy atom. The molecular weight excluding hydrogens is 430 g/mol. The number of benzene rings is 2. The van der Waals surface area contributed by atoms with Crippen molar-refractivity contribution in [1.82, 2.24) is 25.1 Å². The second kappa shape index (κ2) is 9.66. The summed E-state index contributed by atoms with van der Waals surface area (Å²) < 4.78 is 12.5. The van der Waals surface area contributed by atoms with Gasteiger partial charge in [-0.1, -0.05) is 6.07 Å². The Bertz CT molecular complexity index is 1320. The highest BCUT2D eigenvalue weighted by molar-refractivity contribution is 5.90. The van der Waals surface area contributed by atoms with Crippen LogP contribution >= 0.6 is 0 Å². The van der Waals surface area contributed by atoms with E-state index >= 15 is 0 Å². The van der Waals surface area contributed by atoms with Gasteiger partial charge in [-0.3, -0.25) is 0 Å². The Balaban J connectivity index is 1.34. The zero-order valence-electron chi connectivity index (χ0n) is 19.7. The molecule has 0 radical (unpaired) electrons. The lowest BCUT2D eigenvalue weighted by atomic mass is 10.0. The Hall–Kier alpha value is -3.69. The van der Waals surface area contributed by atoms with Crippen LogP contribution in [0.5, 0.6) is 5.75 Å². The number of nitrogens with one attached hydrogen (secondary N) is 3. The highest BCUT2D eigenvalue weighted by atomic mass is 16.5. The highest BCUT2D eigenvalue weighted by Crippen LogP contribution is 2.29. The summed E-state index contributed by atoms with van der Waals surface area (Å²) in [7, 11) is 3.54. The van der Waals surface area contributed by atoms with Crippen molar-refractivity contribution in [3.8, 4) is 5.75 Å². The molecule has 3 N–H and O–H groups in total. The molecule has 3 heterocycles. The lowest BCUT2D eigenvalue weighted by Gasteiger charge is -2.18. The Labute approximate surface area is 198 Å². The summed E-state index contributed by atoms with van der Waals surface area (Å²) in [6, 6.07) is 12.3. The average Bonchev–Trinajstić information content (AvgIpc) is 3.15. The number of hydrogen-bond donors (Lipinski definition) is 3. The summed E-state index contributed by atoms with van der Waals surface area (Å²) in [6.07, 6.45) is 2.86. The molecule has 2 aromatic heterocycles. The molecular formula is C25H29N7O2. The van der Waals surface area contributed by atoms with Crippen molar-refractivity contribution in [1.29, 1.82) is 0 Å². The third kappa shape index (κ3) is 4.66. The number of methoxy groups -OCH3 is 1. The highest BCUT2D eigenvalue weighted by Gasteiger charge is 2.14. The third-order valence-electron chi connectivity index (χ3n) is 5.94. The Morgan fingerprint density at radius 3 is 2.85 bits per heavy atom. The van der Waals surface area contributed by atoms with Gasteiger partial charge in [0, 0.05) is 38.3 Å². The molecule has 0 saturated heterocycles. The van der Waals surface area contributed by atoms with E-state index in [1.54, 1.807) is 18.0 Å². The van der Waals surface area contributed by atoms with Crippen LogP contribution in [0.15, 0.2) is 42.6 Å². The molecule has 34 heavy (non-hydrogen) atoms. The van der Waals surface area contributed by atoms with Gasteiger partial charge in [-0.2, -0.15) is 10.1 Å². The van der Waals surface area contributed by atoms with Gasteiger partial charge in [0.1, 0.15) is 12.4 Å². The van der Waals surface area contributed by atoms with Crippen LogP contribution in [0.4, 0.5) is 23.1 Å². The summed E-state index contributed by atoms with van der Waals surface area (Å²) in [5.74, 6) is 2.06. The van der Waals surface area contributed by atoms with E-state index in [1.807, 2.05) is 32.2 Å². The van der Waals surface area contributed by atoms with Gasteiger partial charge in [-0.25, -0.2) is 9.67 Å². The topological polar surface area (TPSA) is 98.2 Å². The predicted molar refractivity (Wildman–Crippen MR) is 133 cm³/mol. The molecule has 1 aliphatic rings. The van der Waals surface area contributed by atoms with Crippen molar-refractivity contribution in [2.75, 3.05) is 37.5 Å². The van der Waals surface area contributed by atoms with E-state index in [4.69, 9.17) is 14.5 Å². The number of nitrogens with zero attached hydrogens (tertiary/aromatic N) is 4. The number of rotatable bonds is 8. The smallest absolute Gasteiger partial charge is 0.229 e. The second-order valence-electron chi connectivity index (χ2n) is 8.38. The largest absolute Gasteiger partial charge is 0.491 e. The quantitative estimate of drug-likeness (QED) is 0.342. The molecule has 0 fully saturated rings. The molecule has 0 spiro atoms. The van der Waals surface area contributed by atoms with Crippen molar-refractivity contribution in [3.05, 3.63) is 59.3 Å². The lowest BCUT2D eigenvalue weighted by molar-refractivity contribution is 0.146. The van der Waals surface area contributed by atoms with Crippen LogP contribution in [0, 0.1) is 6.92 Å². The molecule has 0 amide bonds. The molecule has 0 unspecified atom stereocenters. The maximum absolute atomic E-state index is 5.70. The van der Waals surface area contributed by atoms with Crippen molar-refractivity contribution < 1.29 is 9.47 Å². The summed E-state index contributed by atoms with van der Waals surface area (Å²) in [6.45, 7) is 5.02. The molecule has 0 atom stereocenters. The molecule has 4 aromatic rings. The number of hydrogen-bond acceptors (Lipinski definition) is 8. The van der Waals surface area contributed by atoms with E-state index in [0.717, 1.165) is 53.2 Å². The molecule has 0 saturated carbocycles. The number of fused-ring (bicyclic) bond motifs is 2. The molecule has 0 aliphatic carbocycles. The van der Waals surface area contributed by atoms with Crippen molar-refractivity contribution in [2.45, 2.75) is 19.9 Å². The Kier molecular flexibility index (Phi) is 6.29. The van der Waals surface area contributed by atoms with Gasteiger partial charge in [0.15, 0.2) is 11.5 Å². The van der Waals surface area contributed by atoms with Crippen molar-refractivity contribution in [2.24, 2.45) is 7.05 Å². The van der Waals surface area contributed by atoms with Crippen LogP contribution in [-0.2, 0) is 24.8 Å². The van der Waals surface area contributed by atoms with Crippen molar-refractivity contribution >= 4 is 34.2 Å². The second-order valence-corrected chi connectivity index (χ2v) is 8.38. The number of anilines is 4. The number of aryl methyl sites for hydroxylation is 2. The van der Waals surface area contributed by atoms with Crippen LogP contribution in [0.25, 0.3) is 11.0 Å². The van der Waals surface area contributed by atoms with E-state index in [9.17, 15) is 0 Å². The summed E-state index contributed by atoms with van der Waals surface area (Å²) in [5, 5.41) is 15.6. The van der Waals surface area contributed by atoms with Crippen molar-refractivity contribution in [3.63, 3.8) is 0 Å². The first-order chi connectivity index (χ1) is 16.6. The monoisotopic (exact) mass is 459 g/mol. The minimum atomic E-state index is 0.518. The molecule has 9 heteroatoms. The number of aromatic nitrogens is 4. The lowest BCUT2D eigenvalue weighted by Crippen LogP contribution is -2.23. The molecule has 5 rings (SSSR count). The molecule has 0 bridgehead atoms. The zero-order chi connectivity index (χ0) is 23.5. The van der Waals surface area contributed by atoms with Gasteiger partial charge >= 0.3 is 0 Å². The summed E-state index contributed by atoms with van der Waals surface area (Å²) >= 11 is 0. The van der Waals surface area contributed by atoms with Gasteiger partial charge in [0.2, 0.25) is 5.95 Å². The molecule has 1 aliphatic heterocycles. The molecule has 9 nitrogen and oxygen atoms in total. The normalized spacial score (nSPS) is 13.0.